The molecule has 2 rings (SSSR count). The number of nitrogens with two attached hydrogens (primary N) is 1. The Morgan fingerprint density at radius 2 is 2.17 bits per heavy atom. The van der Waals surface area contributed by atoms with Crippen LogP contribution in [0.3, 0.4) is 0 Å². The third kappa shape index (κ3) is 3.02. The first-order chi connectivity index (χ1) is 8.30. The van der Waals surface area contributed by atoms with E-state index in [4.69, 9.17) is 5.73 Å². The molecule has 100 valence electrons. The van der Waals surface area contributed by atoms with Crippen LogP contribution in [-0.4, -0.2) is 15.7 Å². The van der Waals surface area contributed by atoms with Crippen molar-refractivity contribution in [1.29, 1.82) is 0 Å². The maximum Gasteiger partial charge on any atom is 0.0696 e. The van der Waals surface area contributed by atoms with Crippen LogP contribution in [-0.2, 0) is 6.42 Å². The van der Waals surface area contributed by atoms with Crippen molar-refractivity contribution in [1.82, 2.24) is 4.98 Å². The SMILES string of the molecule is CC1CC(C)(C)CC(O)(Cc2cnccc2N)C1. The second-order valence-electron chi connectivity index (χ2n) is 6.83. The molecule has 1 saturated carbocycles. The molecule has 1 aromatic rings. The van der Waals surface area contributed by atoms with Crippen molar-refractivity contribution >= 4 is 5.69 Å². The summed E-state index contributed by atoms with van der Waals surface area (Å²) in [6.45, 7) is 6.69. The summed E-state index contributed by atoms with van der Waals surface area (Å²) in [5.41, 5.74) is 7.20. The molecular formula is C15H24N2O. The molecule has 2 unspecified atom stereocenters. The molecule has 3 N–H and O–H groups in total. The van der Waals surface area contributed by atoms with Crippen LogP contribution in [0.4, 0.5) is 5.69 Å². The second kappa shape index (κ2) is 4.54. The Labute approximate surface area is 109 Å². The van der Waals surface area contributed by atoms with Gasteiger partial charge in [0.05, 0.1) is 5.60 Å². The van der Waals surface area contributed by atoms with Gasteiger partial charge in [0.15, 0.2) is 0 Å². The van der Waals surface area contributed by atoms with E-state index in [0.29, 0.717) is 12.3 Å². The van der Waals surface area contributed by atoms with Crippen molar-refractivity contribution in [2.75, 3.05) is 5.73 Å². The van der Waals surface area contributed by atoms with E-state index in [1.165, 1.54) is 6.42 Å². The monoisotopic (exact) mass is 248 g/mol. The highest BCUT2D eigenvalue weighted by atomic mass is 16.3. The molecule has 3 nitrogen and oxygen atoms in total. The maximum atomic E-state index is 10.9. The van der Waals surface area contributed by atoms with Gasteiger partial charge in [-0.25, -0.2) is 0 Å². The van der Waals surface area contributed by atoms with E-state index in [-0.39, 0.29) is 5.41 Å². The standard InChI is InChI=1S/C15H24N2O/c1-11-6-14(2,3)10-15(18,7-11)8-12-9-17-5-4-13(12)16/h4-5,9,11,18H,6-8,10H2,1-3H3,(H2,16,17). The summed E-state index contributed by atoms with van der Waals surface area (Å²) in [6.07, 6.45) is 6.94. The average molecular weight is 248 g/mol. The van der Waals surface area contributed by atoms with Crippen molar-refractivity contribution in [3.05, 3.63) is 24.0 Å². The number of rotatable bonds is 2. The molecule has 3 heteroatoms. The highest BCUT2D eigenvalue weighted by Gasteiger charge is 2.41. The number of nitrogen functional groups attached to an aromatic ring is 1. The summed E-state index contributed by atoms with van der Waals surface area (Å²) < 4.78 is 0. The van der Waals surface area contributed by atoms with Crippen LogP contribution in [0.2, 0.25) is 0 Å². The number of hydrogen-bond donors (Lipinski definition) is 2. The first-order valence-corrected chi connectivity index (χ1v) is 6.70. The second-order valence-corrected chi connectivity index (χ2v) is 6.83. The lowest BCUT2D eigenvalue weighted by Crippen LogP contribution is -2.43. The Morgan fingerprint density at radius 3 is 2.78 bits per heavy atom. The van der Waals surface area contributed by atoms with E-state index >= 15 is 0 Å². The lowest BCUT2D eigenvalue weighted by molar-refractivity contribution is -0.0574. The van der Waals surface area contributed by atoms with Gasteiger partial charge >= 0.3 is 0 Å². The maximum absolute atomic E-state index is 10.9. The van der Waals surface area contributed by atoms with Crippen LogP contribution < -0.4 is 5.73 Å². The Bertz CT molecular complexity index is 430. The Morgan fingerprint density at radius 1 is 1.44 bits per heavy atom. The first-order valence-electron chi connectivity index (χ1n) is 6.70. The summed E-state index contributed by atoms with van der Waals surface area (Å²) in [7, 11) is 0. The van der Waals surface area contributed by atoms with Crippen molar-refractivity contribution in [3.63, 3.8) is 0 Å². The third-order valence-electron chi connectivity index (χ3n) is 3.90. The number of pyridine rings is 1. The van der Waals surface area contributed by atoms with E-state index in [2.05, 4.69) is 25.8 Å². The third-order valence-corrected chi connectivity index (χ3v) is 3.90. The van der Waals surface area contributed by atoms with E-state index in [9.17, 15) is 5.11 Å². The molecule has 1 aliphatic rings. The van der Waals surface area contributed by atoms with Crippen LogP contribution >= 0.6 is 0 Å². The summed E-state index contributed by atoms with van der Waals surface area (Å²) in [4.78, 5) is 4.11. The molecular weight excluding hydrogens is 224 g/mol. The summed E-state index contributed by atoms with van der Waals surface area (Å²) in [5, 5.41) is 10.9. The summed E-state index contributed by atoms with van der Waals surface area (Å²) in [6, 6.07) is 1.80. The largest absolute Gasteiger partial charge is 0.398 e. The van der Waals surface area contributed by atoms with Gasteiger partial charge in [-0.05, 0) is 42.2 Å². The smallest absolute Gasteiger partial charge is 0.0696 e. The van der Waals surface area contributed by atoms with Crippen molar-refractivity contribution in [2.45, 2.75) is 52.1 Å². The van der Waals surface area contributed by atoms with Crippen LogP contribution in [0.1, 0.15) is 45.6 Å². The van der Waals surface area contributed by atoms with E-state index < -0.39 is 5.60 Å². The van der Waals surface area contributed by atoms with Crippen LogP contribution in [0, 0.1) is 11.3 Å². The van der Waals surface area contributed by atoms with Crippen LogP contribution in [0.5, 0.6) is 0 Å². The molecule has 0 aromatic carbocycles. The average Bonchev–Trinajstić information content (AvgIpc) is 2.17. The minimum Gasteiger partial charge on any atom is -0.398 e. The molecule has 1 aliphatic carbocycles. The zero-order chi connectivity index (χ0) is 13.4. The van der Waals surface area contributed by atoms with Gasteiger partial charge in [-0.2, -0.15) is 0 Å². The number of aliphatic hydroxyl groups is 1. The van der Waals surface area contributed by atoms with Gasteiger partial charge in [-0.15, -0.1) is 0 Å². The van der Waals surface area contributed by atoms with Crippen molar-refractivity contribution in [3.8, 4) is 0 Å². The molecule has 0 amide bonds. The predicted octanol–water partition coefficient (Wildman–Crippen LogP) is 2.78. The quantitative estimate of drug-likeness (QED) is 0.846. The molecule has 0 bridgehead atoms. The number of anilines is 1. The van der Waals surface area contributed by atoms with Gasteiger partial charge in [0.1, 0.15) is 0 Å². The number of nitrogens with zero attached hydrogens (tertiary/aromatic N) is 1. The van der Waals surface area contributed by atoms with E-state index in [1.807, 2.05) is 0 Å². The Hall–Kier alpha value is -1.09. The lowest BCUT2D eigenvalue weighted by Gasteiger charge is -2.44. The highest BCUT2D eigenvalue weighted by molar-refractivity contribution is 5.45. The number of hydrogen-bond acceptors (Lipinski definition) is 3. The minimum atomic E-state index is -0.641. The van der Waals surface area contributed by atoms with Crippen LogP contribution in [0.15, 0.2) is 18.5 Å². The fourth-order valence-corrected chi connectivity index (χ4v) is 3.77. The molecule has 0 spiro atoms. The fraction of sp³-hybridized carbons (Fsp3) is 0.667. The van der Waals surface area contributed by atoms with Gasteiger partial charge in [0, 0.05) is 24.5 Å². The molecule has 0 radical (unpaired) electrons. The molecule has 18 heavy (non-hydrogen) atoms. The van der Waals surface area contributed by atoms with Gasteiger partial charge in [-0.3, -0.25) is 4.98 Å². The van der Waals surface area contributed by atoms with Gasteiger partial charge in [-0.1, -0.05) is 20.8 Å². The zero-order valence-electron chi connectivity index (χ0n) is 11.6. The lowest BCUT2D eigenvalue weighted by atomic mass is 9.64. The minimum absolute atomic E-state index is 0.198. The van der Waals surface area contributed by atoms with E-state index in [1.54, 1.807) is 18.5 Å². The van der Waals surface area contributed by atoms with Gasteiger partial charge in [0.2, 0.25) is 0 Å². The normalized spacial score (nSPS) is 31.2. The molecule has 2 atom stereocenters. The molecule has 1 fully saturated rings. The highest BCUT2D eigenvalue weighted by Crippen LogP contribution is 2.45. The summed E-state index contributed by atoms with van der Waals surface area (Å²) >= 11 is 0. The van der Waals surface area contributed by atoms with Crippen molar-refractivity contribution < 1.29 is 5.11 Å². The summed E-state index contributed by atoms with van der Waals surface area (Å²) in [5.74, 6) is 0.552. The predicted molar refractivity (Wildman–Crippen MR) is 74.1 cm³/mol. The van der Waals surface area contributed by atoms with Crippen molar-refractivity contribution in [2.24, 2.45) is 11.3 Å². The fourth-order valence-electron chi connectivity index (χ4n) is 3.77. The zero-order valence-corrected chi connectivity index (χ0v) is 11.6. The number of aromatic nitrogens is 1. The first kappa shape index (κ1) is 13.3. The topological polar surface area (TPSA) is 59.1 Å². The Kier molecular flexibility index (Phi) is 3.37. The molecule has 0 aliphatic heterocycles. The van der Waals surface area contributed by atoms with Gasteiger partial charge in [0.25, 0.3) is 0 Å². The van der Waals surface area contributed by atoms with E-state index in [0.717, 1.165) is 24.1 Å². The molecule has 1 aromatic heterocycles. The Balaban J connectivity index is 2.19. The van der Waals surface area contributed by atoms with Gasteiger partial charge < -0.3 is 10.8 Å². The molecule has 0 saturated heterocycles. The molecule has 1 heterocycles. The van der Waals surface area contributed by atoms with Crippen LogP contribution in [0.25, 0.3) is 0 Å².